The minimum absolute atomic E-state index is 0.348. The van der Waals surface area contributed by atoms with E-state index in [1.807, 2.05) is 24.3 Å². The third-order valence-electron chi connectivity index (χ3n) is 3.87. The minimum Gasteiger partial charge on any atom is -0.492 e. The lowest BCUT2D eigenvalue weighted by Gasteiger charge is -2.17. The van der Waals surface area contributed by atoms with Gasteiger partial charge < -0.3 is 15.2 Å². The number of esters is 1. The molecule has 1 unspecified atom stereocenters. The summed E-state index contributed by atoms with van der Waals surface area (Å²) in [7, 11) is 0. The topological polar surface area (TPSA) is 64.8 Å². The smallest absolute Gasteiger partial charge is 0.323 e. The summed E-state index contributed by atoms with van der Waals surface area (Å²) in [5.41, 5.74) is 6.84. The van der Waals surface area contributed by atoms with Crippen molar-refractivity contribution >= 4 is 5.97 Å². The molecule has 0 saturated carbocycles. The Morgan fingerprint density at radius 1 is 1.32 bits per heavy atom. The number of carbonyl (C=O) groups is 1. The molecule has 0 radical (unpaired) electrons. The number of para-hydroxylation sites is 1. The number of likely N-dealkylation sites (tertiary alicyclic amines) is 1. The van der Waals surface area contributed by atoms with Gasteiger partial charge in [-0.05, 0) is 44.5 Å². The summed E-state index contributed by atoms with van der Waals surface area (Å²) in [6.45, 7) is 6.06. The molecule has 1 heterocycles. The Morgan fingerprint density at radius 3 is 2.77 bits per heavy atom. The average Bonchev–Trinajstić information content (AvgIpc) is 3.02. The fourth-order valence-electron chi connectivity index (χ4n) is 2.67. The highest BCUT2D eigenvalue weighted by Crippen LogP contribution is 2.20. The fraction of sp³-hybridized carbons (Fsp3) is 0.588. The Balaban J connectivity index is 1.87. The van der Waals surface area contributed by atoms with Gasteiger partial charge in [0.2, 0.25) is 0 Å². The molecule has 1 saturated heterocycles. The lowest BCUT2D eigenvalue weighted by Crippen LogP contribution is -2.34. The SMILES string of the molecule is CCOC(=O)C(N)Cc1ccccc1OCCN1CCCC1. The van der Waals surface area contributed by atoms with Crippen molar-refractivity contribution < 1.29 is 14.3 Å². The molecule has 1 aliphatic rings. The monoisotopic (exact) mass is 306 g/mol. The van der Waals surface area contributed by atoms with Crippen molar-refractivity contribution in [3.05, 3.63) is 29.8 Å². The highest BCUT2D eigenvalue weighted by molar-refractivity contribution is 5.76. The van der Waals surface area contributed by atoms with Gasteiger partial charge in [-0.25, -0.2) is 0 Å². The molecule has 1 aromatic carbocycles. The number of hydrogen-bond donors (Lipinski definition) is 1. The molecule has 0 bridgehead atoms. The molecule has 1 atom stereocenters. The molecular weight excluding hydrogens is 280 g/mol. The summed E-state index contributed by atoms with van der Waals surface area (Å²) in [6, 6.07) is 7.09. The quantitative estimate of drug-likeness (QED) is 0.739. The number of ether oxygens (including phenoxy) is 2. The van der Waals surface area contributed by atoms with E-state index < -0.39 is 6.04 Å². The number of nitrogens with zero attached hydrogens (tertiary/aromatic N) is 1. The number of nitrogens with two attached hydrogens (primary N) is 1. The Hall–Kier alpha value is -1.59. The van der Waals surface area contributed by atoms with Gasteiger partial charge >= 0.3 is 5.97 Å². The van der Waals surface area contributed by atoms with Crippen LogP contribution in [0.3, 0.4) is 0 Å². The zero-order valence-corrected chi connectivity index (χ0v) is 13.3. The van der Waals surface area contributed by atoms with E-state index in [4.69, 9.17) is 15.2 Å². The van der Waals surface area contributed by atoms with E-state index in [0.717, 1.165) is 17.9 Å². The summed E-state index contributed by atoms with van der Waals surface area (Å²) < 4.78 is 10.8. The molecule has 5 heteroatoms. The average molecular weight is 306 g/mol. The van der Waals surface area contributed by atoms with Crippen LogP contribution in [0, 0.1) is 0 Å². The lowest BCUT2D eigenvalue weighted by molar-refractivity contribution is -0.144. The van der Waals surface area contributed by atoms with Gasteiger partial charge in [0, 0.05) is 13.0 Å². The molecule has 0 spiro atoms. The predicted molar refractivity (Wildman–Crippen MR) is 85.9 cm³/mol. The summed E-state index contributed by atoms with van der Waals surface area (Å²) in [4.78, 5) is 14.1. The third-order valence-corrected chi connectivity index (χ3v) is 3.87. The summed E-state index contributed by atoms with van der Waals surface area (Å²) in [5, 5.41) is 0. The first-order chi connectivity index (χ1) is 10.7. The number of hydrogen-bond acceptors (Lipinski definition) is 5. The van der Waals surface area contributed by atoms with Crippen LogP contribution in [0.5, 0.6) is 5.75 Å². The van der Waals surface area contributed by atoms with Crippen LogP contribution < -0.4 is 10.5 Å². The highest BCUT2D eigenvalue weighted by atomic mass is 16.5. The van der Waals surface area contributed by atoms with E-state index in [1.54, 1.807) is 6.92 Å². The fourth-order valence-corrected chi connectivity index (χ4v) is 2.67. The minimum atomic E-state index is -0.650. The largest absolute Gasteiger partial charge is 0.492 e. The van der Waals surface area contributed by atoms with E-state index >= 15 is 0 Å². The second-order valence-electron chi connectivity index (χ2n) is 5.57. The van der Waals surface area contributed by atoms with Crippen molar-refractivity contribution in [2.75, 3.05) is 32.8 Å². The zero-order valence-electron chi connectivity index (χ0n) is 13.3. The molecule has 1 fully saturated rings. The molecule has 2 N–H and O–H groups in total. The first kappa shape index (κ1) is 16.8. The van der Waals surface area contributed by atoms with Gasteiger partial charge in [0.25, 0.3) is 0 Å². The van der Waals surface area contributed by atoms with Crippen LogP contribution in [0.1, 0.15) is 25.3 Å². The first-order valence-corrected chi connectivity index (χ1v) is 8.06. The van der Waals surface area contributed by atoms with Crippen molar-refractivity contribution in [3.63, 3.8) is 0 Å². The predicted octanol–water partition coefficient (Wildman–Crippen LogP) is 1.59. The summed E-state index contributed by atoms with van der Waals surface area (Å²) >= 11 is 0. The van der Waals surface area contributed by atoms with Crippen molar-refractivity contribution in [1.82, 2.24) is 4.90 Å². The maximum atomic E-state index is 11.7. The third kappa shape index (κ3) is 5.00. The second-order valence-corrected chi connectivity index (χ2v) is 5.57. The number of rotatable bonds is 8. The van der Waals surface area contributed by atoms with Crippen LogP contribution in [0.2, 0.25) is 0 Å². The van der Waals surface area contributed by atoms with E-state index in [0.29, 0.717) is 19.6 Å². The van der Waals surface area contributed by atoms with Gasteiger partial charge in [-0.2, -0.15) is 0 Å². The van der Waals surface area contributed by atoms with Crippen molar-refractivity contribution in [3.8, 4) is 5.75 Å². The van der Waals surface area contributed by atoms with E-state index in [2.05, 4.69) is 4.90 Å². The molecule has 1 aromatic rings. The standard InChI is InChI=1S/C17H26N2O3/c1-2-21-17(20)15(18)13-14-7-3-4-8-16(14)22-12-11-19-9-5-6-10-19/h3-4,7-8,15H,2,5-6,9-13,18H2,1H3. The van der Waals surface area contributed by atoms with Crippen LogP contribution in [0.15, 0.2) is 24.3 Å². The molecular formula is C17H26N2O3. The van der Waals surface area contributed by atoms with Crippen molar-refractivity contribution in [2.45, 2.75) is 32.2 Å². The van der Waals surface area contributed by atoms with Crippen LogP contribution in [0.4, 0.5) is 0 Å². The van der Waals surface area contributed by atoms with E-state index in [-0.39, 0.29) is 5.97 Å². The van der Waals surface area contributed by atoms with Crippen LogP contribution in [0.25, 0.3) is 0 Å². The van der Waals surface area contributed by atoms with Gasteiger partial charge in [-0.1, -0.05) is 18.2 Å². The Morgan fingerprint density at radius 2 is 2.05 bits per heavy atom. The van der Waals surface area contributed by atoms with Gasteiger partial charge in [0.1, 0.15) is 18.4 Å². The molecule has 2 rings (SSSR count). The molecule has 0 amide bonds. The van der Waals surface area contributed by atoms with Gasteiger partial charge in [-0.3, -0.25) is 9.69 Å². The lowest BCUT2D eigenvalue weighted by atomic mass is 10.1. The zero-order chi connectivity index (χ0) is 15.8. The number of benzene rings is 1. The molecule has 0 aromatic heterocycles. The van der Waals surface area contributed by atoms with Gasteiger partial charge in [0.15, 0.2) is 0 Å². The molecule has 5 nitrogen and oxygen atoms in total. The Labute approximate surface area is 132 Å². The maximum absolute atomic E-state index is 11.7. The normalized spacial score (nSPS) is 16.5. The van der Waals surface area contributed by atoms with E-state index in [1.165, 1.54) is 25.9 Å². The molecule has 1 aliphatic heterocycles. The van der Waals surface area contributed by atoms with Crippen molar-refractivity contribution in [2.24, 2.45) is 5.73 Å². The molecule has 122 valence electrons. The van der Waals surface area contributed by atoms with E-state index in [9.17, 15) is 4.79 Å². The molecule has 0 aliphatic carbocycles. The van der Waals surface area contributed by atoms with Gasteiger partial charge in [0.05, 0.1) is 6.61 Å². The summed E-state index contributed by atoms with van der Waals surface area (Å²) in [6.07, 6.45) is 2.99. The first-order valence-electron chi connectivity index (χ1n) is 8.06. The number of carbonyl (C=O) groups excluding carboxylic acids is 1. The Bertz CT molecular complexity index is 473. The van der Waals surface area contributed by atoms with Crippen LogP contribution in [-0.4, -0.2) is 49.8 Å². The second kappa shape index (κ2) is 8.76. The summed E-state index contributed by atoms with van der Waals surface area (Å²) in [5.74, 6) is 0.441. The van der Waals surface area contributed by atoms with Crippen LogP contribution in [-0.2, 0) is 16.0 Å². The highest BCUT2D eigenvalue weighted by Gasteiger charge is 2.17. The van der Waals surface area contributed by atoms with Crippen LogP contribution >= 0.6 is 0 Å². The maximum Gasteiger partial charge on any atom is 0.323 e. The molecule has 22 heavy (non-hydrogen) atoms. The Kier molecular flexibility index (Phi) is 6.68. The van der Waals surface area contributed by atoms with Crippen molar-refractivity contribution in [1.29, 1.82) is 0 Å². The van der Waals surface area contributed by atoms with Gasteiger partial charge in [-0.15, -0.1) is 0 Å².